The number of hydrogen-bond acceptors (Lipinski definition) is 0. The molecule has 0 aromatic carbocycles. The molecule has 0 amide bonds. The van der Waals surface area contributed by atoms with Crippen molar-refractivity contribution in [2.45, 2.75) is 53.4 Å². The van der Waals surface area contributed by atoms with Crippen molar-refractivity contribution in [3.63, 3.8) is 0 Å². The quantitative estimate of drug-likeness (QED) is 0.555. The first-order valence-corrected chi connectivity index (χ1v) is 5.24. The summed E-state index contributed by atoms with van der Waals surface area (Å²) in [4.78, 5) is 0. The lowest BCUT2D eigenvalue weighted by Gasteiger charge is -2.06. The van der Waals surface area contributed by atoms with E-state index in [1.807, 2.05) is 0 Å². The van der Waals surface area contributed by atoms with Crippen molar-refractivity contribution in [3.05, 3.63) is 12.2 Å². The largest absolute Gasteiger partial charge is 0.0808 e. The van der Waals surface area contributed by atoms with Gasteiger partial charge in [0.05, 0.1) is 0 Å². The van der Waals surface area contributed by atoms with Crippen molar-refractivity contribution in [1.29, 1.82) is 0 Å². The van der Waals surface area contributed by atoms with Crippen LogP contribution in [0.2, 0.25) is 0 Å². The van der Waals surface area contributed by atoms with Crippen LogP contribution in [0.25, 0.3) is 0 Å². The molecule has 0 aliphatic rings. The Morgan fingerprint density at radius 1 is 1.17 bits per heavy atom. The van der Waals surface area contributed by atoms with Crippen molar-refractivity contribution >= 4 is 0 Å². The summed E-state index contributed by atoms with van der Waals surface area (Å²) in [6, 6.07) is 0. The maximum atomic E-state index is 3.32. The van der Waals surface area contributed by atoms with E-state index in [-0.39, 0.29) is 0 Å². The molecule has 1 unspecified atom stereocenters. The molecule has 0 N–H and O–H groups in total. The summed E-state index contributed by atoms with van der Waals surface area (Å²) in [6.45, 7) is 8.94. The first-order chi connectivity index (χ1) is 5.66. The molecule has 0 aliphatic carbocycles. The average molecular weight is 167 g/mol. The van der Waals surface area contributed by atoms with Crippen molar-refractivity contribution in [3.8, 4) is 0 Å². The second-order valence-corrected chi connectivity index (χ2v) is 4.00. The Balaban J connectivity index is 3.30. The molecule has 71 valence electrons. The summed E-state index contributed by atoms with van der Waals surface area (Å²) in [5.41, 5.74) is 0. The fraction of sp³-hybridized carbons (Fsp3) is 0.833. The Labute approximate surface area is 78.1 Å². The number of hydrogen-bond donors (Lipinski definition) is 0. The maximum absolute atomic E-state index is 3.32. The number of allylic oxidation sites excluding steroid dienone is 2. The monoisotopic (exact) mass is 167 g/mol. The third-order valence-corrected chi connectivity index (χ3v) is 2.04. The SMILES string of the molecule is CCCC(C)CCC=[C]C(C)C. The smallest absolute Gasteiger partial charge is 0.0219 e. The predicted octanol–water partition coefficient (Wildman–Crippen LogP) is 4.22. The van der Waals surface area contributed by atoms with Crippen LogP contribution in [0.4, 0.5) is 0 Å². The van der Waals surface area contributed by atoms with Gasteiger partial charge in [0, 0.05) is 0 Å². The summed E-state index contributed by atoms with van der Waals surface area (Å²) >= 11 is 0. The van der Waals surface area contributed by atoms with Gasteiger partial charge in [-0.15, -0.1) is 0 Å². The Morgan fingerprint density at radius 3 is 2.33 bits per heavy atom. The molecule has 1 radical (unpaired) electrons. The van der Waals surface area contributed by atoms with Crippen LogP contribution in [0.5, 0.6) is 0 Å². The second kappa shape index (κ2) is 7.39. The highest BCUT2D eigenvalue weighted by Gasteiger charge is 1.97. The third kappa shape index (κ3) is 7.84. The third-order valence-electron chi connectivity index (χ3n) is 2.04. The molecule has 0 aromatic rings. The topological polar surface area (TPSA) is 0 Å². The molecule has 0 fully saturated rings. The average Bonchev–Trinajstić information content (AvgIpc) is 1.98. The van der Waals surface area contributed by atoms with Crippen LogP contribution in [0.3, 0.4) is 0 Å². The van der Waals surface area contributed by atoms with Crippen LogP contribution in [-0.4, -0.2) is 0 Å². The highest BCUT2D eigenvalue weighted by atomic mass is 14.0. The standard InChI is InChI=1S/C12H23/c1-5-8-12(4)10-7-6-9-11(2)3/h6,11-12H,5,7-8,10H2,1-4H3. The molecule has 0 heterocycles. The van der Waals surface area contributed by atoms with Gasteiger partial charge in [-0.1, -0.05) is 46.6 Å². The van der Waals surface area contributed by atoms with E-state index >= 15 is 0 Å². The van der Waals surface area contributed by atoms with E-state index in [0.717, 1.165) is 5.92 Å². The van der Waals surface area contributed by atoms with E-state index in [9.17, 15) is 0 Å². The Morgan fingerprint density at radius 2 is 1.83 bits per heavy atom. The molecule has 0 aromatic heterocycles. The van der Waals surface area contributed by atoms with Gasteiger partial charge in [0.15, 0.2) is 0 Å². The van der Waals surface area contributed by atoms with E-state index in [0.29, 0.717) is 5.92 Å². The molecule has 12 heavy (non-hydrogen) atoms. The van der Waals surface area contributed by atoms with Gasteiger partial charge >= 0.3 is 0 Å². The summed E-state index contributed by atoms with van der Waals surface area (Å²) in [5.74, 6) is 1.48. The molecular weight excluding hydrogens is 144 g/mol. The van der Waals surface area contributed by atoms with Crippen LogP contribution in [0.1, 0.15) is 53.4 Å². The summed E-state index contributed by atoms with van der Waals surface area (Å²) in [5, 5.41) is 0. The molecule has 0 spiro atoms. The Kier molecular flexibility index (Phi) is 7.23. The minimum atomic E-state index is 0.589. The Hall–Kier alpha value is -0.260. The molecule has 0 rings (SSSR count). The number of rotatable bonds is 6. The molecule has 0 bridgehead atoms. The molecular formula is C12H23. The van der Waals surface area contributed by atoms with Gasteiger partial charge in [-0.3, -0.25) is 0 Å². The molecule has 0 saturated heterocycles. The van der Waals surface area contributed by atoms with Crippen molar-refractivity contribution < 1.29 is 0 Å². The van der Waals surface area contributed by atoms with Crippen LogP contribution < -0.4 is 0 Å². The fourth-order valence-electron chi connectivity index (χ4n) is 1.32. The van der Waals surface area contributed by atoms with E-state index in [1.54, 1.807) is 0 Å². The minimum Gasteiger partial charge on any atom is -0.0808 e. The van der Waals surface area contributed by atoms with Crippen LogP contribution >= 0.6 is 0 Å². The highest BCUT2D eigenvalue weighted by Crippen LogP contribution is 2.12. The fourth-order valence-corrected chi connectivity index (χ4v) is 1.32. The predicted molar refractivity (Wildman–Crippen MR) is 56.0 cm³/mol. The lowest BCUT2D eigenvalue weighted by molar-refractivity contribution is 0.490. The molecule has 1 atom stereocenters. The maximum Gasteiger partial charge on any atom is -0.0219 e. The van der Waals surface area contributed by atoms with Gasteiger partial charge < -0.3 is 0 Å². The Bertz CT molecular complexity index is 111. The van der Waals surface area contributed by atoms with Gasteiger partial charge in [-0.2, -0.15) is 0 Å². The van der Waals surface area contributed by atoms with Gasteiger partial charge in [-0.05, 0) is 30.8 Å². The summed E-state index contributed by atoms with van der Waals surface area (Å²) in [7, 11) is 0. The molecule has 0 heteroatoms. The van der Waals surface area contributed by atoms with E-state index < -0.39 is 0 Å². The van der Waals surface area contributed by atoms with Crippen LogP contribution in [-0.2, 0) is 0 Å². The normalized spacial score (nSPS) is 14.4. The summed E-state index contributed by atoms with van der Waals surface area (Å²) < 4.78 is 0. The van der Waals surface area contributed by atoms with Gasteiger partial charge in [0.2, 0.25) is 0 Å². The first-order valence-electron chi connectivity index (χ1n) is 5.24. The highest BCUT2D eigenvalue weighted by molar-refractivity contribution is 4.76. The van der Waals surface area contributed by atoms with Crippen molar-refractivity contribution in [2.24, 2.45) is 11.8 Å². The lowest BCUT2D eigenvalue weighted by atomic mass is 10.00. The van der Waals surface area contributed by atoms with E-state index in [2.05, 4.69) is 39.8 Å². The van der Waals surface area contributed by atoms with Gasteiger partial charge in [0.25, 0.3) is 0 Å². The van der Waals surface area contributed by atoms with Gasteiger partial charge in [0.1, 0.15) is 0 Å². The zero-order chi connectivity index (χ0) is 9.40. The van der Waals surface area contributed by atoms with Crippen molar-refractivity contribution in [2.75, 3.05) is 0 Å². The lowest BCUT2D eigenvalue weighted by Crippen LogP contribution is -1.92. The minimum absolute atomic E-state index is 0.589. The molecule has 0 aliphatic heterocycles. The summed E-state index contributed by atoms with van der Waals surface area (Å²) in [6.07, 6.45) is 10.7. The second-order valence-electron chi connectivity index (χ2n) is 4.00. The van der Waals surface area contributed by atoms with Crippen molar-refractivity contribution in [1.82, 2.24) is 0 Å². The van der Waals surface area contributed by atoms with Crippen LogP contribution in [0.15, 0.2) is 6.08 Å². The van der Waals surface area contributed by atoms with E-state index in [4.69, 9.17) is 0 Å². The molecule has 0 saturated carbocycles. The zero-order valence-corrected chi connectivity index (χ0v) is 9.06. The van der Waals surface area contributed by atoms with Gasteiger partial charge in [-0.25, -0.2) is 0 Å². The van der Waals surface area contributed by atoms with E-state index in [1.165, 1.54) is 25.7 Å². The molecule has 0 nitrogen and oxygen atoms in total. The zero-order valence-electron chi connectivity index (χ0n) is 9.06. The first kappa shape index (κ1) is 11.7. The van der Waals surface area contributed by atoms with Crippen LogP contribution in [0, 0.1) is 17.9 Å².